The third-order valence-corrected chi connectivity index (χ3v) is 5.13. The van der Waals surface area contributed by atoms with Gasteiger partial charge < -0.3 is 4.90 Å². The van der Waals surface area contributed by atoms with E-state index in [1.807, 2.05) is 5.38 Å². The van der Waals surface area contributed by atoms with Crippen LogP contribution in [0.3, 0.4) is 0 Å². The number of quaternary nitrogens is 1. The molecule has 0 bridgehead atoms. The van der Waals surface area contributed by atoms with Crippen LogP contribution in [0.15, 0.2) is 35.8 Å². The van der Waals surface area contributed by atoms with E-state index in [9.17, 15) is 9.18 Å². The fourth-order valence-corrected chi connectivity index (χ4v) is 4.16. The highest BCUT2D eigenvalue weighted by Crippen LogP contribution is 2.31. The van der Waals surface area contributed by atoms with E-state index >= 15 is 0 Å². The van der Waals surface area contributed by atoms with Gasteiger partial charge in [-0.25, -0.2) is 14.3 Å². The monoisotopic (exact) mass is 304 g/mol. The Kier molecular flexibility index (Phi) is 3.01. The number of carbonyl (C=O) groups excluding carboxylic acids is 1. The fraction of sp³-hybridized carbons (Fsp3) is 0.333. The van der Waals surface area contributed by atoms with Crippen molar-refractivity contribution in [1.82, 2.24) is 4.98 Å². The number of benzene rings is 1. The van der Waals surface area contributed by atoms with E-state index in [0.717, 1.165) is 30.1 Å². The molecular weight excluding hydrogens is 289 g/mol. The number of hydrogen-bond acceptors (Lipinski definition) is 3. The molecule has 3 unspecified atom stereocenters. The van der Waals surface area contributed by atoms with Crippen molar-refractivity contribution in [3.05, 3.63) is 47.2 Å². The minimum atomic E-state index is -0.253. The molecule has 2 aliphatic rings. The van der Waals surface area contributed by atoms with E-state index in [2.05, 4.69) is 4.98 Å². The maximum absolute atomic E-state index is 13.2. The molecule has 108 valence electrons. The zero-order chi connectivity index (χ0) is 14.4. The predicted octanol–water partition coefficient (Wildman–Crippen LogP) is 1.37. The summed E-state index contributed by atoms with van der Waals surface area (Å²) < 4.78 is 13.2. The van der Waals surface area contributed by atoms with Crippen LogP contribution in [0.4, 0.5) is 9.52 Å². The van der Waals surface area contributed by atoms with Crippen molar-refractivity contribution < 1.29 is 14.1 Å². The molecule has 21 heavy (non-hydrogen) atoms. The molecule has 2 fully saturated rings. The Morgan fingerprint density at radius 2 is 2.14 bits per heavy atom. The number of fused-ring (bicyclic) bond motifs is 1. The molecule has 0 aliphatic carbocycles. The summed E-state index contributed by atoms with van der Waals surface area (Å²) in [6, 6.07) is 6.50. The van der Waals surface area contributed by atoms with Gasteiger partial charge in [-0.05, 0) is 24.3 Å². The number of aromatic nitrogens is 1. The molecule has 2 aromatic rings. The molecule has 1 aromatic heterocycles. The molecule has 1 amide bonds. The van der Waals surface area contributed by atoms with Gasteiger partial charge in [0.15, 0.2) is 17.3 Å². The zero-order valence-corrected chi connectivity index (χ0v) is 12.1. The zero-order valence-electron chi connectivity index (χ0n) is 11.3. The molecule has 3 heterocycles. The smallest absolute Gasteiger partial charge is 0.292 e. The number of halogens is 1. The van der Waals surface area contributed by atoms with Crippen molar-refractivity contribution in [2.24, 2.45) is 0 Å². The maximum atomic E-state index is 13.2. The number of nitrogens with one attached hydrogen (secondary N) is 1. The van der Waals surface area contributed by atoms with Gasteiger partial charge in [-0.3, -0.25) is 4.79 Å². The fourth-order valence-electron chi connectivity index (χ4n) is 3.49. The number of carbonyl (C=O) groups is 1. The Labute approximate surface area is 125 Å². The van der Waals surface area contributed by atoms with E-state index in [4.69, 9.17) is 0 Å². The second-order valence-corrected chi connectivity index (χ2v) is 6.37. The van der Waals surface area contributed by atoms with Gasteiger partial charge in [-0.15, -0.1) is 11.3 Å². The van der Waals surface area contributed by atoms with Gasteiger partial charge in [-0.2, -0.15) is 0 Å². The summed E-state index contributed by atoms with van der Waals surface area (Å²) in [7, 11) is 0. The number of anilines is 1. The molecule has 0 spiro atoms. The molecule has 3 atom stereocenters. The molecule has 0 radical (unpaired) electrons. The van der Waals surface area contributed by atoms with Crippen molar-refractivity contribution >= 4 is 22.4 Å². The average Bonchev–Trinajstić information content (AvgIpc) is 3.19. The van der Waals surface area contributed by atoms with Crippen LogP contribution < -0.4 is 9.80 Å². The summed E-state index contributed by atoms with van der Waals surface area (Å²) in [6.07, 6.45) is 3.62. The van der Waals surface area contributed by atoms with Crippen LogP contribution >= 0.6 is 11.3 Å². The third-order valence-electron chi connectivity index (χ3n) is 4.36. The van der Waals surface area contributed by atoms with Gasteiger partial charge in [-0.1, -0.05) is 0 Å². The summed E-state index contributed by atoms with van der Waals surface area (Å²) in [6.45, 7) is 0.973. The minimum Gasteiger partial charge on any atom is -0.301 e. The summed E-state index contributed by atoms with van der Waals surface area (Å²) in [4.78, 5) is 20.1. The number of thiazole rings is 1. The van der Waals surface area contributed by atoms with Crippen LogP contribution in [0.2, 0.25) is 0 Å². The maximum Gasteiger partial charge on any atom is 0.292 e. The van der Waals surface area contributed by atoms with Crippen LogP contribution in [0.25, 0.3) is 0 Å². The molecule has 4 nitrogen and oxygen atoms in total. The van der Waals surface area contributed by atoms with Crippen molar-refractivity contribution in [2.75, 3.05) is 11.4 Å². The van der Waals surface area contributed by atoms with Crippen LogP contribution in [0, 0.1) is 5.82 Å². The first-order chi connectivity index (χ1) is 10.3. The second kappa shape index (κ2) is 4.89. The molecule has 1 aromatic carbocycles. The van der Waals surface area contributed by atoms with Crippen molar-refractivity contribution in [3.63, 3.8) is 0 Å². The van der Waals surface area contributed by atoms with Gasteiger partial charge in [0, 0.05) is 30.0 Å². The van der Waals surface area contributed by atoms with Gasteiger partial charge in [0.25, 0.3) is 5.91 Å². The van der Waals surface area contributed by atoms with E-state index in [1.54, 1.807) is 23.2 Å². The highest BCUT2D eigenvalue weighted by molar-refractivity contribution is 7.13. The molecule has 6 heteroatoms. The molecular formula is C15H15FN3OS+. The largest absolute Gasteiger partial charge is 0.301 e. The third kappa shape index (κ3) is 1.98. The summed E-state index contributed by atoms with van der Waals surface area (Å²) >= 11 is 1.47. The molecule has 0 saturated carbocycles. The van der Waals surface area contributed by atoms with E-state index in [-0.39, 0.29) is 23.9 Å². The first kappa shape index (κ1) is 12.9. The highest BCUT2D eigenvalue weighted by Gasteiger charge is 2.54. The molecule has 4 rings (SSSR count). The Balaban J connectivity index is 1.80. The lowest BCUT2D eigenvalue weighted by Crippen LogP contribution is -3.12. The first-order valence-electron chi connectivity index (χ1n) is 7.09. The lowest BCUT2D eigenvalue weighted by atomic mass is 10.1. The van der Waals surface area contributed by atoms with E-state index in [0.29, 0.717) is 0 Å². The van der Waals surface area contributed by atoms with Crippen molar-refractivity contribution in [3.8, 4) is 0 Å². The predicted molar refractivity (Wildman–Crippen MR) is 77.6 cm³/mol. The van der Waals surface area contributed by atoms with Gasteiger partial charge in [0.1, 0.15) is 5.82 Å². The standard InChI is InChI=1S/C15H14FN3OS/c16-11-5-3-10(4-6-11)13-18-8-1-2-12(18)14(20)19(13)15-17-7-9-21-15/h3-7,9,12-13H,1-2,8H2/p+1. The summed E-state index contributed by atoms with van der Waals surface area (Å²) in [5, 5.41) is 2.61. The average molecular weight is 304 g/mol. The number of nitrogens with zero attached hydrogens (tertiary/aromatic N) is 2. The van der Waals surface area contributed by atoms with Gasteiger partial charge in [0.2, 0.25) is 0 Å². The number of amides is 1. The number of hydrogen-bond donors (Lipinski definition) is 1. The molecule has 2 aliphatic heterocycles. The summed E-state index contributed by atoms with van der Waals surface area (Å²) in [5.41, 5.74) is 0.972. The van der Waals surface area contributed by atoms with E-state index < -0.39 is 0 Å². The highest BCUT2D eigenvalue weighted by atomic mass is 32.1. The lowest BCUT2D eigenvalue weighted by molar-refractivity contribution is -0.924. The van der Waals surface area contributed by atoms with Gasteiger partial charge >= 0.3 is 0 Å². The van der Waals surface area contributed by atoms with Crippen LogP contribution in [-0.4, -0.2) is 23.5 Å². The van der Waals surface area contributed by atoms with Crippen molar-refractivity contribution in [1.29, 1.82) is 0 Å². The Bertz CT molecular complexity index is 658. The quantitative estimate of drug-likeness (QED) is 0.910. The molecule has 2 saturated heterocycles. The normalized spacial score (nSPS) is 28.1. The Morgan fingerprint density at radius 1 is 1.33 bits per heavy atom. The summed E-state index contributed by atoms with van der Waals surface area (Å²) in [5.74, 6) is -0.108. The van der Waals surface area contributed by atoms with Gasteiger partial charge in [0.05, 0.1) is 6.54 Å². The van der Waals surface area contributed by atoms with Crippen LogP contribution in [0.1, 0.15) is 24.6 Å². The first-order valence-corrected chi connectivity index (χ1v) is 7.97. The Hall–Kier alpha value is -1.79. The number of rotatable bonds is 2. The van der Waals surface area contributed by atoms with E-state index in [1.165, 1.54) is 28.4 Å². The Morgan fingerprint density at radius 3 is 2.86 bits per heavy atom. The van der Waals surface area contributed by atoms with Crippen LogP contribution in [-0.2, 0) is 4.79 Å². The van der Waals surface area contributed by atoms with Crippen molar-refractivity contribution in [2.45, 2.75) is 25.0 Å². The minimum absolute atomic E-state index is 0.0175. The molecule has 1 N–H and O–H groups in total. The van der Waals surface area contributed by atoms with Crippen LogP contribution in [0.5, 0.6) is 0 Å². The SMILES string of the molecule is O=C1C2CCC[NH+]2C(c2ccc(F)cc2)N1c1nccs1. The lowest BCUT2D eigenvalue weighted by Gasteiger charge is -2.24. The second-order valence-electron chi connectivity index (χ2n) is 5.50. The topological polar surface area (TPSA) is 37.6 Å².